The molecule has 0 amide bonds. The van der Waals surface area contributed by atoms with Gasteiger partial charge in [-0.2, -0.15) is 0 Å². The molecule has 0 aliphatic carbocycles. The fourth-order valence-electron chi connectivity index (χ4n) is 0.259. The molecule has 2 heteroatoms. The van der Waals surface area contributed by atoms with Gasteiger partial charge in [0.05, 0.1) is 0 Å². The maximum Gasteiger partial charge on any atom is 0.0397 e. The zero-order chi connectivity index (χ0) is 6.41. The molecule has 0 aromatic rings. The Kier molecular flexibility index (Phi) is 5.95. The summed E-state index contributed by atoms with van der Waals surface area (Å²) >= 11 is 6.54. The quantitative estimate of drug-likeness (QED) is 0.513. The maximum absolute atomic E-state index is 3.42. The zero-order valence-corrected chi connectivity index (χ0v) is 7.87. The summed E-state index contributed by atoms with van der Waals surface area (Å²) in [6, 6.07) is 0. The third-order valence-electron chi connectivity index (χ3n) is 0.730. The van der Waals surface area contributed by atoms with Crippen LogP contribution < -0.4 is 0 Å². The first-order valence-corrected chi connectivity index (χ1v) is 4.29. The summed E-state index contributed by atoms with van der Waals surface area (Å²) in [5.41, 5.74) is 2.92. The Morgan fingerprint density at radius 2 is 2.38 bits per heavy atom. The van der Waals surface area contributed by atoms with Gasteiger partial charge in [-0.25, -0.2) is 0 Å². The van der Waals surface area contributed by atoms with E-state index < -0.39 is 0 Å². The van der Waals surface area contributed by atoms with E-state index in [4.69, 9.17) is 0 Å². The molecule has 0 bridgehead atoms. The largest absolute Gasteiger partial charge is 0.117 e. The van der Waals surface area contributed by atoms with Crippen LogP contribution in [0.1, 0.15) is 13.3 Å². The highest BCUT2D eigenvalue weighted by Gasteiger charge is 1.89. The highest BCUT2D eigenvalue weighted by atomic mass is 79.9. The number of hydrogen-bond donors (Lipinski definition) is 0. The number of allylic oxidation sites excluding steroid dienone is 1. The number of rotatable bonds is 2. The van der Waals surface area contributed by atoms with Gasteiger partial charge < -0.3 is 0 Å². The summed E-state index contributed by atoms with van der Waals surface area (Å²) < 4.78 is 0. The summed E-state index contributed by atoms with van der Waals surface area (Å²) in [7, 11) is 0. The van der Waals surface area contributed by atoms with Gasteiger partial charge in [-0.1, -0.05) is 38.8 Å². The minimum Gasteiger partial charge on any atom is -0.117 e. The van der Waals surface area contributed by atoms with Crippen LogP contribution in [0.3, 0.4) is 0 Å². The monoisotopic (exact) mass is 238 g/mol. The molecule has 0 nitrogen and oxygen atoms in total. The Hall–Kier alpha value is 0.480. The third kappa shape index (κ3) is 4.63. The normalized spacial score (nSPS) is 11.9. The Balaban J connectivity index is 3.52. The standard InChI is InChI=1S/C6H8Br2/c1-2-6(8)4-3-5-7/h4-6H,2H2,1H3. The molecular formula is C6H8Br2. The molecule has 0 rings (SSSR count). The van der Waals surface area contributed by atoms with Gasteiger partial charge in [-0.15, -0.1) is 5.73 Å². The molecular weight excluding hydrogens is 232 g/mol. The first kappa shape index (κ1) is 8.48. The van der Waals surface area contributed by atoms with E-state index in [0.717, 1.165) is 6.42 Å². The van der Waals surface area contributed by atoms with E-state index in [0.29, 0.717) is 4.83 Å². The van der Waals surface area contributed by atoms with Crippen molar-refractivity contribution >= 4 is 31.9 Å². The maximum atomic E-state index is 3.42. The Labute approximate surface area is 66.9 Å². The number of hydrogen-bond acceptors (Lipinski definition) is 0. The van der Waals surface area contributed by atoms with Crippen molar-refractivity contribution in [3.05, 3.63) is 16.8 Å². The van der Waals surface area contributed by atoms with Crippen molar-refractivity contribution in [3.63, 3.8) is 0 Å². The van der Waals surface area contributed by atoms with Crippen molar-refractivity contribution < 1.29 is 0 Å². The fraction of sp³-hybridized carbons (Fsp3) is 0.500. The van der Waals surface area contributed by atoms with Crippen molar-refractivity contribution in [1.82, 2.24) is 0 Å². The third-order valence-corrected chi connectivity index (χ3v) is 1.91. The minimum absolute atomic E-state index is 0.469. The molecule has 0 aromatic heterocycles. The second-order valence-corrected chi connectivity index (χ2v) is 3.00. The molecule has 46 valence electrons. The molecule has 0 aliphatic heterocycles. The lowest BCUT2D eigenvalue weighted by Gasteiger charge is -1.91. The molecule has 0 saturated carbocycles. The van der Waals surface area contributed by atoms with E-state index in [1.54, 1.807) is 4.99 Å². The zero-order valence-electron chi connectivity index (χ0n) is 4.70. The van der Waals surface area contributed by atoms with Crippen molar-refractivity contribution in [2.75, 3.05) is 0 Å². The van der Waals surface area contributed by atoms with Crippen LogP contribution in [-0.2, 0) is 0 Å². The van der Waals surface area contributed by atoms with Crippen LogP contribution >= 0.6 is 31.9 Å². The average molecular weight is 240 g/mol. The van der Waals surface area contributed by atoms with Gasteiger partial charge in [0, 0.05) is 9.81 Å². The summed E-state index contributed by atoms with van der Waals surface area (Å²) in [5.74, 6) is 0. The van der Waals surface area contributed by atoms with E-state index in [9.17, 15) is 0 Å². The van der Waals surface area contributed by atoms with Gasteiger partial charge in [0.2, 0.25) is 0 Å². The van der Waals surface area contributed by atoms with E-state index in [-0.39, 0.29) is 0 Å². The molecule has 0 heterocycles. The topological polar surface area (TPSA) is 0 Å². The lowest BCUT2D eigenvalue weighted by atomic mass is 10.3. The highest BCUT2D eigenvalue weighted by Crippen LogP contribution is 2.04. The number of alkyl halides is 1. The van der Waals surface area contributed by atoms with Crippen LogP contribution in [0.25, 0.3) is 0 Å². The van der Waals surface area contributed by atoms with E-state index in [2.05, 4.69) is 44.5 Å². The van der Waals surface area contributed by atoms with Gasteiger partial charge in [0.1, 0.15) is 0 Å². The summed E-state index contributed by atoms with van der Waals surface area (Å²) in [4.78, 5) is 2.19. The van der Waals surface area contributed by atoms with E-state index in [1.165, 1.54) is 0 Å². The van der Waals surface area contributed by atoms with Gasteiger partial charge in [-0.3, -0.25) is 0 Å². The Morgan fingerprint density at radius 1 is 1.75 bits per heavy atom. The molecule has 0 N–H and O–H groups in total. The van der Waals surface area contributed by atoms with Gasteiger partial charge >= 0.3 is 0 Å². The van der Waals surface area contributed by atoms with Gasteiger partial charge in [0.25, 0.3) is 0 Å². The van der Waals surface area contributed by atoms with E-state index >= 15 is 0 Å². The van der Waals surface area contributed by atoms with E-state index in [1.807, 2.05) is 6.08 Å². The Bertz CT molecular complexity index is 101. The van der Waals surface area contributed by atoms with Gasteiger partial charge in [0.15, 0.2) is 0 Å². The average Bonchev–Trinajstić information content (AvgIpc) is 1.83. The molecule has 0 radical (unpaired) electrons. The van der Waals surface area contributed by atoms with Crippen molar-refractivity contribution in [3.8, 4) is 0 Å². The lowest BCUT2D eigenvalue weighted by molar-refractivity contribution is 0.993. The van der Waals surface area contributed by atoms with Crippen LogP contribution in [0.5, 0.6) is 0 Å². The van der Waals surface area contributed by atoms with Crippen LogP contribution in [0.15, 0.2) is 16.8 Å². The molecule has 1 unspecified atom stereocenters. The molecule has 1 atom stereocenters. The second-order valence-electron chi connectivity index (χ2n) is 1.37. The smallest absolute Gasteiger partial charge is 0.0397 e. The van der Waals surface area contributed by atoms with Crippen molar-refractivity contribution in [2.24, 2.45) is 0 Å². The summed E-state index contributed by atoms with van der Waals surface area (Å²) in [5, 5.41) is 0. The fourth-order valence-corrected chi connectivity index (χ4v) is 0.564. The van der Waals surface area contributed by atoms with Crippen LogP contribution in [0, 0.1) is 0 Å². The molecule has 0 saturated heterocycles. The molecule has 0 aromatic carbocycles. The minimum atomic E-state index is 0.469. The van der Waals surface area contributed by atoms with Crippen molar-refractivity contribution in [2.45, 2.75) is 18.2 Å². The summed E-state index contributed by atoms with van der Waals surface area (Å²) in [6.07, 6.45) is 3.07. The molecule has 0 aliphatic rings. The predicted molar refractivity (Wildman–Crippen MR) is 44.6 cm³/mol. The molecule has 8 heavy (non-hydrogen) atoms. The van der Waals surface area contributed by atoms with Crippen molar-refractivity contribution in [1.29, 1.82) is 0 Å². The van der Waals surface area contributed by atoms with Crippen LogP contribution in [-0.4, -0.2) is 4.83 Å². The predicted octanol–water partition coefficient (Wildman–Crippen LogP) is 3.22. The summed E-state index contributed by atoms with van der Waals surface area (Å²) in [6.45, 7) is 2.12. The van der Waals surface area contributed by atoms with Crippen LogP contribution in [0.2, 0.25) is 0 Å². The lowest BCUT2D eigenvalue weighted by Crippen LogP contribution is -1.84. The van der Waals surface area contributed by atoms with Gasteiger partial charge in [-0.05, 0) is 12.5 Å². The highest BCUT2D eigenvalue weighted by molar-refractivity contribution is 9.11. The number of halogens is 2. The first-order valence-electron chi connectivity index (χ1n) is 2.46. The second kappa shape index (κ2) is 5.61. The first-order chi connectivity index (χ1) is 3.81. The molecule has 0 fully saturated rings. The van der Waals surface area contributed by atoms with Crippen LogP contribution in [0.4, 0.5) is 0 Å². The molecule has 0 spiro atoms. The SMILES string of the molecule is CCC(Br)C=C=CBr. The Morgan fingerprint density at radius 3 is 2.75 bits per heavy atom.